The van der Waals surface area contributed by atoms with E-state index in [0.29, 0.717) is 5.56 Å². The molecule has 124 valence electrons. The minimum Gasteiger partial charge on any atom is -0.279 e. The number of rotatable bonds is 4. The molecule has 0 unspecified atom stereocenters. The Morgan fingerprint density at radius 3 is 2.22 bits per heavy atom. The van der Waals surface area contributed by atoms with Gasteiger partial charge in [0.25, 0.3) is 10.0 Å². The van der Waals surface area contributed by atoms with Crippen molar-refractivity contribution in [2.24, 2.45) is 0 Å². The van der Waals surface area contributed by atoms with Gasteiger partial charge in [0.2, 0.25) is 0 Å². The summed E-state index contributed by atoms with van der Waals surface area (Å²) in [6.45, 7) is 1.66. The molecule has 0 fully saturated rings. The van der Waals surface area contributed by atoms with Crippen LogP contribution in [-0.2, 0) is 19.9 Å². The second-order valence-electron chi connectivity index (χ2n) is 4.93. The van der Waals surface area contributed by atoms with Crippen molar-refractivity contribution in [3.63, 3.8) is 0 Å². The molecule has 0 aliphatic rings. The maximum Gasteiger partial charge on any atom is 0.263 e. The molecule has 0 amide bonds. The lowest BCUT2D eigenvalue weighted by Gasteiger charge is -2.13. The van der Waals surface area contributed by atoms with Gasteiger partial charge in [-0.2, -0.15) is 0 Å². The van der Waals surface area contributed by atoms with E-state index in [9.17, 15) is 16.8 Å². The highest BCUT2D eigenvalue weighted by Crippen LogP contribution is 2.28. The molecular weight excluding hydrogens is 381 g/mol. The largest absolute Gasteiger partial charge is 0.279 e. The summed E-state index contributed by atoms with van der Waals surface area (Å²) >= 11 is 11.7. The van der Waals surface area contributed by atoms with Gasteiger partial charge in [0.05, 0.1) is 15.6 Å². The Bertz CT molecular complexity index is 970. The molecule has 0 aromatic heterocycles. The molecule has 5 nitrogen and oxygen atoms in total. The van der Waals surface area contributed by atoms with Crippen LogP contribution in [0.5, 0.6) is 0 Å². The predicted molar refractivity (Wildman–Crippen MR) is 91.6 cm³/mol. The maximum absolute atomic E-state index is 12.5. The molecule has 23 heavy (non-hydrogen) atoms. The summed E-state index contributed by atoms with van der Waals surface area (Å²) in [6, 6.07) is 8.27. The first-order chi connectivity index (χ1) is 10.5. The summed E-state index contributed by atoms with van der Waals surface area (Å²) in [5, 5.41) is 0.232. The van der Waals surface area contributed by atoms with E-state index in [1.807, 2.05) is 0 Å². The summed E-state index contributed by atoms with van der Waals surface area (Å²) in [5.74, 6) is 0. The Labute approximate surface area is 145 Å². The third kappa shape index (κ3) is 4.17. The van der Waals surface area contributed by atoms with Gasteiger partial charge >= 0.3 is 0 Å². The fraction of sp³-hybridized carbons (Fsp3) is 0.143. The Morgan fingerprint density at radius 2 is 1.61 bits per heavy atom. The van der Waals surface area contributed by atoms with Crippen LogP contribution in [0.25, 0.3) is 0 Å². The van der Waals surface area contributed by atoms with Crippen molar-refractivity contribution >= 4 is 48.7 Å². The van der Waals surface area contributed by atoms with E-state index in [4.69, 9.17) is 23.2 Å². The highest BCUT2D eigenvalue weighted by molar-refractivity contribution is 7.93. The summed E-state index contributed by atoms with van der Waals surface area (Å²) in [5.41, 5.74) is 0.725. The average molecular weight is 394 g/mol. The van der Waals surface area contributed by atoms with Gasteiger partial charge in [-0.05, 0) is 42.8 Å². The van der Waals surface area contributed by atoms with Crippen LogP contribution in [0.4, 0.5) is 5.69 Å². The standard InChI is InChI=1S/C14H13Cl2NO4S2/c1-9-3-5-11(22(2,18)19)8-13(9)17-23(20,21)14-7-10(15)4-6-12(14)16/h3-8,17H,1-2H3. The van der Waals surface area contributed by atoms with E-state index in [1.165, 1.54) is 36.4 Å². The molecule has 0 atom stereocenters. The van der Waals surface area contributed by atoms with Gasteiger partial charge in [-0.3, -0.25) is 4.72 Å². The van der Waals surface area contributed by atoms with Crippen LogP contribution in [-0.4, -0.2) is 23.1 Å². The van der Waals surface area contributed by atoms with E-state index in [-0.39, 0.29) is 25.5 Å². The van der Waals surface area contributed by atoms with Crippen LogP contribution in [0.15, 0.2) is 46.2 Å². The fourth-order valence-corrected chi connectivity index (χ4v) is 4.36. The van der Waals surface area contributed by atoms with E-state index >= 15 is 0 Å². The number of benzene rings is 2. The van der Waals surface area contributed by atoms with Crippen molar-refractivity contribution in [1.82, 2.24) is 0 Å². The van der Waals surface area contributed by atoms with Crippen LogP contribution in [0.3, 0.4) is 0 Å². The summed E-state index contributed by atoms with van der Waals surface area (Å²) < 4.78 is 50.5. The number of hydrogen-bond acceptors (Lipinski definition) is 4. The molecule has 1 N–H and O–H groups in total. The van der Waals surface area contributed by atoms with Crippen LogP contribution in [0.2, 0.25) is 10.0 Å². The minimum atomic E-state index is -4.01. The normalized spacial score (nSPS) is 12.2. The zero-order chi connectivity index (χ0) is 17.4. The maximum atomic E-state index is 12.5. The van der Waals surface area contributed by atoms with E-state index in [0.717, 1.165) is 6.26 Å². The van der Waals surface area contributed by atoms with Crippen LogP contribution >= 0.6 is 23.2 Å². The molecule has 2 aromatic rings. The lowest BCUT2D eigenvalue weighted by Crippen LogP contribution is -2.15. The third-order valence-electron chi connectivity index (χ3n) is 3.06. The quantitative estimate of drug-likeness (QED) is 0.861. The smallest absolute Gasteiger partial charge is 0.263 e. The van der Waals surface area contributed by atoms with Crippen LogP contribution in [0, 0.1) is 6.92 Å². The number of halogens is 2. The third-order valence-corrected chi connectivity index (χ3v) is 6.26. The minimum absolute atomic E-state index is 0.0120. The van der Waals surface area contributed by atoms with Crippen LogP contribution in [0.1, 0.15) is 5.56 Å². The van der Waals surface area contributed by atoms with E-state index in [1.54, 1.807) is 6.92 Å². The lowest BCUT2D eigenvalue weighted by atomic mass is 10.2. The fourth-order valence-electron chi connectivity index (χ4n) is 1.82. The summed E-state index contributed by atoms with van der Waals surface area (Å²) in [4.78, 5) is -0.172. The molecular formula is C14H13Cl2NO4S2. The molecule has 0 bridgehead atoms. The Kier molecular flexibility index (Phi) is 4.96. The van der Waals surface area contributed by atoms with Gasteiger partial charge in [0.1, 0.15) is 4.90 Å². The van der Waals surface area contributed by atoms with Crippen molar-refractivity contribution in [2.45, 2.75) is 16.7 Å². The van der Waals surface area contributed by atoms with Crippen molar-refractivity contribution in [3.8, 4) is 0 Å². The van der Waals surface area contributed by atoms with Gasteiger partial charge in [0.15, 0.2) is 9.84 Å². The molecule has 0 saturated heterocycles. The first kappa shape index (κ1) is 18.1. The molecule has 0 saturated carbocycles. The number of hydrogen-bond donors (Lipinski definition) is 1. The number of aryl methyl sites for hydroxylation is 1. The van der Waals surface area contributed by atoms with Gasteiger partial charge < -0.3 is 0 Å². The molecule has 9 heteroatoms. The van der Waals surface area contributed by atoms with Gasteiger partial charge in [-0.15, -0.1) is 0 Å². The lowest BCUT2D eigenvalue weighted by molar-refractivity contribution is 0.599. The predicted octanol–water partition coefficient (Wildman–Crippen LogP) is 3.51. The number of sulfone groups is 1. The number of nitrogens with one attached hydrogen (secondary N) is 1. The van der Waals surface area contributed by atoms with Crippen molar-refractivity contribution < 1.29 is 16.8 Å². The zero-order valence-electron chi connectivity index (χ0n) is 12.2. The van der Waals surface area contributed by atoms with E-state index in [2.05, 4.69) is 4.72 Å². The highest BCUT2D eigenvalue weighted by Gasteiger charge is 2.20. The second-order valence-corrected chi connectivity index (χ2v) is 9.44. The number of anilines is 1. The first-order valence-corrected chi connectivity index (χ1v) is 10.4. The van der Waals surface area contributed by atoms with Crippen molar-refractivity contribution in [2.75, 3.05) is 11.0 Å². The average Bonchev–Trinajstić information content (AvgIpc) is 2.42. The zero-order valence-corrected chi connectivity index (χ0v) is 15.3. The van der Waals surface area contributed by atoms with Gasteiger partial charge in [0, 0.05) is 11.3 Å². The molecule has 0 spiro atoms. The van der Waals surface area contributed by atoms with Gasteiger partial charge in [-0.25, -0.2) is 16.8 Å². The topological polar surface area (TPSA) is 80.3 Å². The van der Waals surface area contributed by atoms with Gasteiger partial charge in [-0.1, -0.05) is 29.3 Å². The Hall–Kier alpha value is -1.28. The molecule has 2 aromatic carbocycles. The monoisotopic (exact) mass is 393 g/mol. The number of sulfonamides is 1. The Morgan fingerprint density at radius 1 is 0.957 bits per heavy atom. The van der Waals surface area contributed by atoms with Crippen molar-refractivity contribution in [1.29, 1.82) is 0 Å². The molecule has 2 rings (SSSR count). The molecule has 0 aliphatic heterocycles. The molecule has 0 aliphatic carbocycles. The van der Waals surface area contributed by atoms with Crippen LogP contribution < -0.4 is 4.72 Å². The Balaban J connectivity index is 2.51. The van der Waals surface area contributed by atoms with E-state index < -0.39 is 19.9 Å². The summed E-state index contributed by atoms with van der Waals surface area (Å²) in [6.07, 6.45) is 1.05. The first-order valence-electron chi connectivity index (χ1n) is 6.29. The molecule has 0 heterocycles. The highest BCUT2D eigenvalue weighted by atomic mass is 35.5. The van der Waals surface area contributed by atoms with Crippen molar-refractivity contribution in [3.05, 3.63) is 52.0 Å². The second kappa shape index (κ2) is 6.32. The molecule has 0 radical (unpaired) electrons. The summed E-state index contributed by atoms with van der Waals surface area (Å²) in [7, 11) is -7.47. The SMILES string of the molecule is Cc1ccc(S(C)(=O)=O)cc1NS(=O)(=O)c1cc(Cl)ccc1Cl.